The average Bonchev–Trinajstić information content (AvgIpc) is 3.42. The molecule has 4 aliphatic carbocycles. The maximum Gasteiger partial charge on any atom is 0.305 e. The molecule has 0 aromatic rings. The van der Waals surface area contributed by atoms with Crippen LogP contribution in [-0.4, -0.2) is 77.9 Å². The Morgan fingerprint density at radius 1 is 0.857 bits per heavy atom. The van der Waals surface area contributed by atoms with Crippen molar-refractivity contribution in [1.29, 1.82) is 0 Å². The molecule has 4 saturated carbocycles. The number of nitrogens with one attached hydrogen (secondary N) is 1. The van der Waals surface area contributed by atoms with Crippen molar-refractivity contribution in [3.8, 4) is 0 Å². The van der Waals surface area contributed by atoms with Gasteiger partial charge in [0.15, 0.2) is 0 Å². The van der Waals surface area contributed by atoms with E-state index in [9.17, 15) is 20.1 Å². The smallest absolute Gasteiger partial charge is 0.305 e. The third-order valence-corrected chi connectivity index (χ3v) is 14.6. The van der Waals surface area contributed by atoms with E-state index in [1.54, 1.807) is 0 Å². The van der Waals surface area contributed by atoms with E-state index < -0.39 is 6.23 Å². The summed E-state index contributed by atoms with van der Waals surface area (Å²) < 4.78 is 5.45. The zero-order valence-corrected chi connectivity index (χ0v) is 32.5. The monoisotopic (exact) mass is 691 g/mol. The number of ether oxygens (including phenoxy) is 1. The first kappa shape index (κ1) is 41.0. The first-order chi connectivity index (χ1) is 23.5. The quantitative estimate of drug-likeness (QED) is 0.0518. The first-order valence-corrected chi connectivity index (χ1v) is 21.1. The van der Waals surface area contributed by atoms with E-state index in [1.165, 1.54) is 64.2 Å². The van der Waals surface area contributed by atoms with E-state index in [0.717, 1.165) is 83.8 Å². The number of aliphatic hydroxyl groups is 3. The van der Waals surface area contributed by atoms with Crippen LogP contribution in [0.2, 0.25) is 0 Å². The lowest BCUT2D eigenvalue weighted by molar-refractivity contribution is -0.174. The second-order valence-electron chi connectivity index (χ2n) is 17.9. The number of carbonyl (C=O) groups excluding carboxylic acids is 1. The summed E-state index contributed by atoms with van der Waals surface area (Å²) >= 11 is 0. The highest BCUT2D eigenvalue weighted by Crippen LogP contribution is 2.68. The molecule has 1 unspecified atom stereocenters. The molecule has 49 heavy (non-hydrogen) atoms. The second-order valence-corrected chi connectivity index (χ2v) is 17.9. The Balaban J connectivity index is 1.05. The molecule has 7 nitrogen and oxygen atoms in total. The molecule has 4 aliphatic rings. The standard InChI is InChI=1S/C42H78N2O5/c1-6-7-8-9-10-11-12-13-16-39(48)49-28-15-14-26-44(5)27-25-43-38(47)20-17-31(2)34-18-19-35-40-36(22-24-42(34,35)4)41(3)23-21-33(45)29-32(41)30-37(40)46/h31-38,40,43,45-47H,6-30H2,1-5H3/t31-,32+,33-,34-,35+,36+,37+,38?,40+,41+,42-/m1/s1. The first-order valence-electron chi connectivity index (χ1n) is 21.1. The maximum absolute atomic E-state index is 12.0. The lowest BCUT2D eigenvalue weighted by atomic mass is 9.43. The van der Waals surface area contributed by atoms with Crippen LogP contribution in [0.5, 0.6) is 0 Å². The molecule has 0 spiro atoms. The van der Waals surface area contributed by atoms with Crippen LogP contribution in [0.3, 0.4) is 0 Å². The molecule has 4 fully saturated rings. The highest BCUT2D eigenvalue weighted by atomic mass is 16.5. The normalized spacial score (nSPS) is 35.4. The predicted molar refractivity (Wildman–Crippen MR) is 200 cm³/mol. The van der Waals surface area contributed by atoms with Crippen LogP contribution in [0.25, 0.3) is 0 Å². The summed E-state index contributed by atoms with van der Waals surface area (Å²) in [4.78, 5) is 14.3. The minimum atomic E-state index is -0.476. The van der Waals surface area contributed by atoms with E-state index in [0.29, 0.717) is 48.5 Å². The number of aliphatic hydroxyl groups excluding tert-OH is 3. The Hall–Kier alpha value is -0.730. The molecule has 7 heteroatoms. The zero-order chi connectivity index (χ0) is 35.4. The van der Waals surface area contributed by atoms with Gasteiger partial charge in [0.2, 0.25) is 0 Å². The highest BCUT2D eigenvalue weighted by Gasteiger charge is 2.62. The van der Waals surface area contributed by atoms with Gasteiger partial charge < -0.3 is 25.0 Å². The predicted octanol–water partition coefficient (Wildman–Crippen LogP) is 8.09. The molecule has 0 saturated heterocycles. The summed E-state index contributed by atoms with van der Waals surface area (Å²) in [5.41, 5.74) is 0.560. The van der Waals surface area contributed by atoms with Crippen LogP contribution >= 0.6 is 0 Å². The molecular formula is C42H78N2O5. The van der Waals surface area contributed by atoms with E-state index in [2.05, 4.69) is 45.0 Å². The van der Waals surface area contributed by atoms with Crippen LogP contribution in [0, 0.1) is 46.3 Å². The Bertz CT molecular complexity index is 965. The van der Waals surface area contributed by atoms with Crippen molar-refractivity contribution >= 4 is 5.97 Å². The Kier molecular flexibility index (Phi) is 16.7. The summed E-state index contributed by atoms with van der Waals surface area (Å²) in [5, 5.41) is 36.1. The average molecular weight is 691 g/mol. The largest absolute Gasteiger partial charge is 0.466 e. The molecule has 11 atom stereocenters. The Morgan fingerprint density at radius 2 is 1.55 bits per heavy atom. The minimum absolute atomic E-state index is 0.0435. The van der Waals surface area contributed by atoms with E-state index >= 15 is 0 Å². The summed E-state index contributed by atoms with van der Waals surface area (Å²) in [6.07, 6.45) is 22.1. The van der Waals surface area contributed by atoms with Gasteiger partial charge in [-0.2, -0.15) is 0 Å². The van der Waals surface area contributed by atoms with Crippen molar-refractivity contribution in [3.05, 3.63) is 0 Å². The van der Waals surface area contributed by atoms with Crippen molar-refractivity contribution in [2.45, 2.75) is 181 Å². The van der Waals surface area contributed by atoms with E-state index in [-0.39, 0.29) is 29.0 Å². The number of rotatable bonds is 22. The van der Waals surface area contributed by atoms with Crippen molar-refractivity contribution in [1.82, 2.24) is 10.2 Å². The topological polar surface area (TPSA) is 102 Å². The lowest BCUT2D eigenvalue weighted by Crippen LogP contribution is -2.58. The molecule has 0 bridgehead atoms. The highest BCUT2D eigenvalue weighted by molar-refractivity contribution is 5.69. The summed E-state index contributed by atoms with van der Waals surface area (Å²) in [5.74, 6) is 3.25. The molecule has 0 amide bonds. The fraction of sp³-hybridized carbons (Fsp3) is 0.976. The van der Waals surface area contributed by atoms with Gasteiger partial charge in [-0.15, -0.1) is 0 Å². The van der Waals surface area contributed by atoms with Gasteiger partial charge >= 0.3 is 5.97 Å². The van der Waals surface area contributed by atoms with Crippen LogP contribution in [0.4, 0.5) is 0 Å². The zero-order valence-electron chi connectivity index (χ0n) is 32.5. The Morgan fingerprint density at radius 3 is 2.31 bits per heavy atom. The van der Waals surface area contributed by atoms with Gasteiger partial charge in [-0.3, -0.25) is 10.1 Å². The van der Waals surface area contributed by atoms with Gasteiger partial charge in [0.25, 0.3) is 0 Å². The molecule has 0 heterocycles. The molecule has 4 rings (SSSR count). The number of likely N-dealkylation sites (N-methyl/N-ethyl adjacent to an activating group) is 1. The number of carbonyl (C=O) groups is 1. The molecule has 0 aromatic carbocycles. The third kappa shape index (κ3) is 11.1. The van der Waals surface area contributed by atoms with Gasteiger partial charge in [-0.05, 0) is 143 Å². The van der Waals surface area contributed by atoms with E-state index in [4.69, 9.17) is 4.74 Å². The molecule has 0 radical (unpaired) electrons. The van der Waals surface area contributed by atoms with Crippen LogP contribution < -0.4 is 5.32 Å². The lowest BCUT2D eigenvalue weighted by Gasteiger charge is -2.62. The van der Waals surface area contributed by atoms with Gasteiger partial charge in [-0.1, -0.05) is 72.6 Å². The summed E-state index contributed by atoms with van der Waals surface area (Å²) in [6, 6.07) is 0. The number of fused-ring (bicyclic) bond motifs is 5. The fourth-order valence-electron chi connectivity index (χ4n) is 11.6. The van der Waals surface area contributed by atoms with Crippen molar-refractivity contribution in [2.24, 2.45) is 46.3 Å². The van der Waals surface area contributed by atoms with Gasteiger partial charge in [0.05, 0.1) is 18.8 Å². The van der Waals surface area contributed by atoms with Gasteiger partial charge in [-0.25, -0.2) is 0 Å². The van der Waals surface area contributed by atoms with Crippen LogP contribution in [0.15, 0.2) is 0 Å². The van der Waals surface area contributed by atoms with Crippen molar-refractivity contribution in [2.75, 3.05) is 33.3 Å². The van der Waals surface area contributed by atoms with Crippen molar-refractivity contribution in [3.63, 3.8) is 0 Å². The fourth-order valence-corrected chi connectivity index (χ4v) is 11.6. The summed E-state index contributed by atoms with van der Waals surface area (Å²) in [6.45, 7) is 12.8. The molecule has 0 aliphatic heterocycles. The van der Waals surface area contributed by atoms with Gasteiger partial charge in [0, 0.05) is 19.5 Å². The molecular weight excluding hydrogens is 612 g/mol. The maximum atomic E-state index is 12.0. The molecule has 0 aromatic heterocycles. The number of unbranched alkanes of at least 4 members (excludes halogenated alkanes) is 8. The Labute approximate surface area is 301 Å². The third-order valence-electron chi connectivity index (χ3n) is 14.6. The van der Waals surface area contributed by atoms with Gasteiger partial charge in [0.1, 0.15) is 6.23 Å². The number of esters is 1. The van der Waals surface area contributed by atoms with Crippen LogP contribution in [0.1, 0.15) is 163 Å². The summed E-state index contributed by atoms with van der Waals surface area (Å²) in [7, 11) is 2.12. The second kappa shape index (κ2) is 19.9. The van der Waals surface area contributed by atoms with Crippen LogP contribution in [-0.2, 0) is 9.53 Å². The van der Waals surface area contributed by atoms with Crippen molar-refractivity contribution < 1.29 is 24.9 Å². The number of hydrogen-bond donors (Lipinski definition) is 4. The number of hydrogen-bond acceptors (Lipinski definition) is 7. The molecule has 4 N–H and O–H groups in total. The number of nitrogens with zero attached hydrogens (tertiary/aromatic N) is 1. The SMILES string of the molecule is CCCCCCCCCCC(=O)OCCCCN(C)CCNC(O)CC[C@@H](C)[C@H]1CC[C@H]2[C@@H]3[C@@H](O)C[C@@H]4C[C@H](O)CC[C@]4(C)[C@H]3CC[C@]12C. The van der Waals surface area contributed by atoms with E-state index in [1.807, 2.05) is 0 Å². The molecule has 286 valence electrons. The minimum Gasteiger partial charge on any atom is -0.466 e.